The van der Waals surface area contributed by atoms with Crippen molar-refractivity contribution in [1.82, 2.24) is 15.5 Å². The van der Waals surface area contributed by atoms with E-state index in [0.29, 0.717) is 28.8 Å². The SMILES string of the molecule is C[C@@H]1[C@@H](C)CCC[C@H]1NC(=O)CSc1nnc(N)s1. The molecule has 1 aliphatic carbocycles. The van der Waals surface area contributed by atoms with E-state index in [0.717, 1.165) is 10.8 Å². The first-order valence-corrected chi connectivity index (χ1v) is 8.37. The fourth-order valence-corrected chi connectivity index (χ4v) is 3.89. The van der Waals surface area contributed by atoms with Crippen molar-refractivity contribution in [3.63, 3.8) is 0 Å². The Kier molecular flexibility index (Phi) is 5.04. The highest BCUT2D eigenvalue weighted by Crippen LogP contribution is 2.29. The van der Waals surface area contributed by atoms with E-state index in [9.17, 15) is 4.79 Å². The van der Waals surface area contributed by atoms with Crippen molar-refractivity contribution in [2.45, 2.75) is 43.5 Å². The maximum Gasteiger partial charge on any atom is 0.230 e. The van der Waals surface area contributed by atoms with E-state index in [1.807, 2.05) is 0 Å². The average Bonchev–Trinajstić information content (AvgIpc) is 2.78. The Bertz CT molecular complexity index is 437. The van der Waals surface area contributed by atoms with Crippen molar-refractivity contribution in [2.24, 2.45) is 11.8 Å². The molecule has 3 atom stereocenters. The number of hydrogen-bond donors (Lipinski definition) is 2. The molecule has 106 valence electrons. The molecule has 1 fully saturated rings. The third kappa shape index (κ3) is 4.07. The number of rotatable bonds is 4. The number of anilines is 1. The van der Waals surface area contributed by atoms with Crippen LogP contribution in [-0.4, -0.2) is 27.9 Å². The van der Waals surface area contributed by atoms with E-state index >= 15 is 0 Å². The summed E-state index contributed by atoms with van der Waals surface area (Å²) in [7, 11) is 0. The van der Waals surface area contributed by atoms with Gasteiger partial charge in [0, 0.05) is 6.04 Å². The number of nitrogens with zero attached hydrogens (tertiary/aromatic N) is 2. The highest BCUT2D eigenvalue weighted by molar-refractivity contribution is 8.01. The molecule has 1 amide bonds. The van der Waals surface area contributed by atoms with Gasteiger partial charge >= 0.3 is 0 Å². The lowest BCUT2D eigenvalue weighted by Crippen LogP contribution is -2.44. The number of thioether (sulfide) groups is 1. The van der Waals surface area contributed by atoms with Gasteiger partial charge in [-0.25, -0.2) is 0 Å². The van der Waals surface area contributed by atoms with E-state index in [1.165, 1.54) is 35.9 Å². The van der Waals surface area contributed by atoms with E-state index in [4.69, 9.17) is 5.73 Å². The number of nitrogen functional groups attached to an aromatic ring is 1. The number of carbonyl (C=O) groups excluding carboxylic acids is 1. The van der Waals surface area contributed by atoms with Crippen LogP contribution in [-0.2, 0) is 4.79 Å². The predicted molar refractivity (Wildman–Crippen MR) is 79.2 cm³/mol. The topological polar surface area (TPSA) is 80.9 Å². The lowest BCUT2D eigenvalue weighted by Gasteiger charge is -2.34. The van der Waals surface area contributed by atoms with Crippen LogP contribution in [0.15, 0.2) is 4.34 Å². The Hall–Kier alpha value is -0.820. The number of carbonyl (C=O) groups is 1. The van der Waals surface area contributed by atoms with Crippen molar-refractivity contribution in [3.8, 4) is 0 Å². The van der Waals surface area contributed by atoms with E-state index < -0.39 is 0 Å². The molecule has 1 aromatic heterocycles. The van der Waals surface area contributed by atoms with Gasteiger partial charge in [-0.05, 0) is 18.3 Å². The predicted octanol–water partition coefficient (Wildman–Crippen LogP) is 2.15. The third-order valence-corrected chi connectivity index (χ3v) is 5.69. The molecule has 1 saturated carbocycles. The number of hydrogen-bond acceptors (Lipinski definition) is 6. The van der Waals surface area contributed by atoms with Gasteiger partial charge in [0.25, 0.3) is 0 Å². The fourth-order valence-electron chi connectivity index (χ4n) is 2.44. The monoisotopic (exact) mass is 300 g/mol. The van der Waals surface area contributed by atoms with Crippen LogP contribution in [0, 0.1) is 11.8 Å². The Labute approximate surface area is 121 Å². The molecule has 3 N–H and O–H groups in total. The Morgan fingerprint density at radius 3 is 2.95 bits per heavy atom. The van der Waals surface area contributed by atoms with Gasteiger partial charge in [-0.15, -0.1) is 10.2 Å². The molecular weight excluding hydrogens is 280 g/mol. The smallest absolute Gasteiger partial charge is 0.230 e. The van der Waals surface area contributed by atoms with Crippen molar-refractivity contribution in [1.29, 1.82) is 0 Å². The molecule has 0 aromatic carbocycles. The fraction of sp³-hybridized carbons (Fsp3) is 0.750. The minimum Gasteiger partial charge on any atom is -0.374 e. The average molecular weight is 300 g/mol. The molecule has 0 spiro atoms. The van der Waals surface area contributed by atoms with Gasteiger partial charge in [-0.3, -0.25) is 4.79 Å². The molecule has 1 aliphatic rings. The van der Waals surface area contributed by atoms with E-state index in [1.54, 1.807) is 0 Å². The van der Waals surface area contributed by atoms with Crippen LogP contribution >= 0.6 is 23.1 Å². The lowest BCUT2D eigenvalue weighted by atomic mass is 9.78. The molecule has 0 aliphatic heterocycles. The van der Waals surface area contributed by atoms with Gasteiger partial charge in [0.2, 0.25) is 11.0 Å². The van der Waals surface area contributed by atoms with Crippen LogP contribution in [0.2, 0.25) is 0 Å². The first-order chi connectivity index (χ1) is 9.06. The Morgan fingerprint density at radius 2 is 2.26 bits per heavy atom. The number of nitrogens with one attached hydrogen (secondary N) is 1. The summed E-state index contributed by atoms with van der Waals surface area (Å²) in [5.74, 6) is 1.70. The Balaban J connectivity index is 1.77. The molecule has 7 heteroatoms. The molecule has 0 radical (unpaired) electrons. The summed E-state index contributed by atoms with van der Waals surface area (Å²) in [6.07, 6.45) is 3.57. The summed E-state index contributed by atoms with van der Waals surface area (Å²) in [4.78, 5) is 11.9. The van der Waals surface area contributed by atoms with Crippen molar-refractivity contribution < 1.29 is 4.79 Å². The van der Waals surface area contributed by atoms with Crippen LogP contribution in [0.1, 0.15) is 33.1 Å². The second kappa shape index (κ2) is 6.56. The van der Waals surface area contributed by atoms with Crippen molar-refractivity contribution in [3.05, 3.63) is 0 Å². The molecule has 5 nitrogen and oxygen atoms in total. The first kappa shape index (κ1) is 14.6. The molecule has 2 rings (SSSR count). The molecule has 1 heterocycles. The van der Waals surface area contributed by atoms with Gasteiger partial charge in [0.15, 0.2) is 4.34 Å². The summed E-state index contributed by atoms with van der Waals surface area (Å²) in [5.41, 5.74) is 5.50. The highest BCUT2D eigenvalue weighted by atomic mass is 32.2. The molecule has 0 saturated heterocycles. The van der Waals surface area contributed by atoms with Crippen LogP contribution in [0.3, 0.4) is 0 Å². The van der Waals surface area contributed by atoms with Gasteiger partial charge < -0.3 is 11.1 Å². The standard InChI is InChI=1S/C12H20N4OS2/c1-7-4-3-5-9(8(7)2)14-10(17)6-18-12-16-15-11(13)19-12/h7-9H,3-6H2,1-2H3,(H2,13,15)(H,14,17)/t7-,8+,9+/m0/s1. The minimum absolute atomic E-state index is 0.0738. The van der Waals surface area contributed by atoms with Crippen LogP contribution < -0.4 is 11.1 Å². The highest BCUT2D eigenvalue weighted by Gasteiger charge is 2.28. The number of nitrogens with two attached hydrogens (primary N) is 1. The number of amides is 1. The van der Waals surface area contributed by atoms with Crippen molar-refractivity contribution in [2.75, 3.05) is 11.5 Å². The zero-order valence-corrected chi connectivity index (χ0v) is 12.9. The second-order valence-corrected chi connectivity index (χ2v) is 7.37. The molecule has 0 bridgehead atoms. The van der Waals surface area contributed by atoms with Gasteiger partial charge in [0.05, 0.1) is 5.75 Å². The molecule has 0 unspecified atom stereocenters. The molecular formula is C12H20N4OS2. The van der Waals surface area contributed by atoms with E-state index in [-0.39, 0.29) is 5.91 Å². The lowest BCUT2D eigenvalue weighted by molar-refractivity contribution is -0.119. The molecule has 1 aromatic rings. The quantitative estimate of drug-likeness (QED) is 0.833. The summed E-state index contributed by atoms with van der Waals surface area (Å²) in [6.45, 7) is 4.50. The van der Waals surface area contributed by atoms with Crippen LogP contribution in [0.25, 0.3) is 0 Å². The normalized spacial score (nSPS) is 27.2. The van der Waals surface area contributed by atoms with Crippen molar-refractivity contribution >= 4 is 34.1 Å². The first-order valence-electron chi connectivity index (χ1n) is 6.57. The largest absolute Gasteiger partial charge is 0.374 e. The summed E-state index contributed by atoms with van der Waals surface area (Å²) in [6, 6.07) is 0.316. The summed E-state index contributed by atoms with van der Waals surface area (Å²) in [5, 5.41) is 11.2. The zero-order chi connectivity index (χ0) is 13.8. The minimum atomic E-state index is 0.0738. The van der Waals surface area contributed by atoms with Crippen LogP contribution in [0.4, 0.5) is 5.13 Å². The molecule has 19 heavy (non-hydrogen) atoms. The van der Waals surface area contributed by atoms with Gasteiger partial charge in [0.1, 0.15) is 0 Å². The maximum atomic E-state index is 11.9. The van der Waals surface area contributed by atoms with Gasteiger partial charge in [-0.2, -0.15) is 0 Å². The Morgan fingerprint density at radius 1 is 1.47 bits per heavy atom. The number of aromatic nitrogens is 2. The van der Waals surface area contributed by atoms with E-state index in [2.05, 4.69) is 29.4 Å². The van der Waals surface area contributed by atoms with Crippen LogP contribution in [0.5, 0.6) is 0 Å². The second-order valence-electron chi connectivity index (χ2n) is 5.14. The summed E-state index contributed by atoms with van der Waals surface area (Å²) < 4.78 is 0.748. The maximum absolute atomic E-state index is 11.9. The third-order valence-electron chi connectivity index (χ3n) is 3.80. The zero-order valence-electron chi connectivity index (χ0n) is 11.3. The summed E-state index contributed by atoms with van der Waals surface area (Å²) >= 11 is 2.71. The van der Waals surface area contributed by atoms with Gasteiger partial charge in [-0.1, -0.05) is 49.8 Å².